The van der Waals surface area contributed by atoms with Crippen LogP contribution in [0.3, 0.4) is 0 Å². The van der Waals surface area contributed by atoms with Gasteiger partial charge in [-0.05, 0) is 44.3 Å². The van der Waals surface area contributed by atoms with E-state index >= 15 is 0 Å². The number of carbonyl (C=O) groups excluding carboxylic acids is 1. The van der Waals surface area contributed by atoms with E-state index < -0.39 is 0 Å². The van der Waals surface area contributed by atoms with Crippen LogP contribution in [-0.2, 0) is 9.63 Å². The SMILES string of the molecule is CCCCCCN=C1C[C@@H](C[C@@H](C)SCC)CC(=O)C1/C(CCC)=N\OCC. The van der Waals surface area contributed by atoms with Crippen molar-refractivity contribution in [2.24, 2.45) is 22.0 Å². The molecule has 1 rings (SSSR count). The van der Waals surface area contributed by atoms with Gasteiger partial charge in [0.1, 0.15) is 12.4 Å². The first-order valence-electron chi connectivity index (χ1n) is 11.4. The molecule has 0 bridgehead atoms. The first-order chi connectivity index (χ1) is 13.6. The van der Waals surface area contributed by atoms with E-state index in [2.05, 4.69) is 32.9 Å². The van der Waals surface area contributed by atoms with Crippen LogP contribution in [0.5, 0.6) is 0 Å². The van der Waals surface area contributed by atoms with Crippen molar-refractivity contribution in [3.63, 3.8) is 0 Å². The largest absolute Gasteiger partial charge is 0.396 e. The van der Waals surface area contributed by atoms with Gasteiger partial charge in [0.2, 0.25) is 0 Å². The van der Waals surface area contributed by atoms with Crippen LogP contribution in [0.4, 0.5) is 0 Å². The molecule has 0 amide bonds. The lowest BCUT2D eigenvalue weighted by molar-refractivity contribution is -0.121. The number of nitrogens with zero attached hydrogens (tertiary/aromatic N) is 2. The zero-order chi connectivity index (χ0) is 20.8. The molecule has 162 valence electrons. The van der Waals surface area contributed by atoms with Gasteiger partial charge >= 0.3 is 0 Å². The lowest BCUT2D eigenvalue weighted by Gasteiger charge is -2.31. The summed E-state index contributed by atoms with van der Waals surface area (Å²) in [5.41, 5.74) is 1.95. The summed E-state index contributed by atoms with van der Waals surface area (Å²) in [6, 6.07) is 0. The molecule has 1 saturated carbocycles. The highest BCUT2D eigenvalue weighted by Gasteiger charge is 2.37. The maximum atomic E-state index is 13.1. The molecule has 1 aliphatic carbocycles. The second-order valence-corrected chi connectivity index (χ2v) is 9.57. The maximum Gasteiger partial charge on any atom is 0.147 e. The third-order valence-corrected chi connectivity index (χ3v) is 6.33. The molecule has 1 aliphatic rings. The van der Waals surface area contributed by atoms with Crippen molar-refractivity contribution in [3.8, 4) is 0 Å². The van der Waals surface area contributed by atoms with E-state index in [1.807, 2.05) is 18.7 Å². The summed E-state index contributed by atoms with van der Waals surface area (Å²) in [4.78, 5) is 23.5. The Hall–Kier alpha value is -0.840. The van der Waals surface area contributed by atoms with Gasteiger partial charge in [-0.1, -0.05) is 58.5 Å². The number of hydrogen-bond donors (Lipinski definition) is 0. The van der Waals surface area contributed by atoms with Crippen LogP contribution in [0.25, 0.3) is 0 Å². The molecule has 0 aromatic carbocycles. The molecule has 1 unspecified atom stereocenters. The fraction of sp³-hybridized carbons (Fsp3) is 0.870. The van der Waals surface area contributed by atoms with Gasteiger partial charge in [-0.15, -0.1) is 0 Å². The Kier molecular flexibility index (Phi) is 13.6. The lowest BCUT2D eigenvalue weighted by atomic mass is 9.75. The normalized spacial score (nSPS) is 23.2. The van der Waals surface area contributed by atoms with Crippen LogP contribution in [0.15, 0.2) is 10.1 Å². The van der Waals surface area contributed by atoms with Gasteiger partial charge in [0.25, 0.3) is 0 Å². The molecule has 0 N–H and O–H groups in total. The van der Waals surface area contributed by atoms with Gasteiger partial charge in [-0.3, -0.25) is 9.79 Å². The predicted molar refractivity (Wildman–Crippen MR) is 124 cm³/mol. The molecule has 4 nitrogen and oxygen atoms in total. The van der Waals surface area contributed by atoms with Crippen molar-refractivity contribution in [2.75, 3.05) is 18.9 Å². The summed E-state index contributed by atoms with van der Waals surface area (Å²) in [6.07, 6.45) is 9.27. The average molecular weight is 411 g/mol. The quantitative estimate of drug-likeness (QED) is 0.191. The summed E-state index contributed by atoms with van der Waals surface area (Å²) in [6.45, 7) is 12.1. The van der Waals surface area contributed by atoms with E-state index in [9.17, 15) is 4.79 Å². The zero-order valence-electron chi connectivity index (χ0n) is 18.8. The first-order valence-corrected chi connectivity index (χ1v) is 12.5. The van der Waals surface area contributed by atoms with E-state index in [0.717, 1.165) is 55.8 Å². The fourth-order valence-electron chi connectivity index (χ4n) is 4.00. The summed E-state index contributed by atoms with van der Waals surface area (Å²) in [5, 5.41) is 4.94. The van der Waals surface area contributed by atoms with Crippen molar-refractivity contribution < 1.29 is 9.63 Å². The highest BCUT2D eigenvalue weighted by atomic mass is 32.2. The third kappa shape index (κ3) is 9.11. The number of aliphatic imine (C=N–C) groups is 1. The molecular formula is C23H42N2O2S. The number of unbranched alkanes of at least 4 members (excludes halogenated alkanes) is 3. The molecular weight excluding hydrogens is 368 g/mol. The highest BCUT2D eigenvalue weighted by Crippen LogP contribution is 2.32. The number of hydrogen-bond acceptors (Lipinski definition) is 5. The second kappa shape index (κ2) is 15.1. The van der Waals surface area contributed by atoms with Gasteiger partial charge in [0.05, 0.1) is 11.6 Å². The number of oxime groups is 1. The first kappa shape index (κ1) is 25.2. The van der Waals surface area contributed by atoms with Crippen molar-refractivity contribution in [1.29, 1.82) is 0 Å². The monoisotopic (exact) mass is 410 g/mol. The van der Waals surface area contributed by atoms with Crippen LogP contribution < -0.4 is 0 Å². The minimum absolute atomic E-state index is 0.247. The smallest absolute Gasteiger partial charge is 0.147 e. The summed E-state index contributed by atoms with van der Waals surface area (Å²) in [7, 11) is 0. The minimum atomic E-state index is -0.247. The zero-order valence-corrected chi connectivity index (χ0v) is 19.7. The van der Waals surface area contributed by atoms with E-state index in [1.165, 1.54) is 19.3 Å². The Balaban J connectivity index is 2.96. The van der Waals surface area contributed by atoms with Gasteiger partial charge in [0.15, 0.2) is 0 Å². The minimum Gasteiger partial charge on any atom is -0.396 e. The van der Waals surface area contributed by atoms with Crippen molar-refractivity contribution >= 4 is 29.0 Å². The van der Waals surface area contributed by atoms with Gasteiger partial charge in [-0.25, -0.2) is 0 Å². The highest BCUT2D eigenvalue weighted by molar-refractivity contribution is 7.99. The van der Waals surface area contributed by atoms with Gasteiger partial charge < -0.3 is 4.84 Å². The van der Waals surface area contributed by atoms with Crippen molar-refractivity contribution in [3.05, 3.63) is 0 Å². The topological polar surface area (TPSA) is 51.0 Å². The molecule has 3 atom stereocenters. The van der Waals surface area contributed by atoms with Crippen LogP contribution in [0, 0.1) is 11.8 Å². The van der Waals surface area contributed by atoms with Crippen molar-refractivity contribution in [2.45, 2.75) is 97.7 Å². The molecule has 0 radical (unpaired) electrons. The standard InChI is InChI=1S/C23H42N2O2S/c1-6-10-11-12-14-24-21-16-19(15-18(5)28-9-4)17-22(26)23(21)20(13-7-2)25-27-8-3/h18-19,23H,6-17H2,1-5H3/b24-21?,25-20-/t18-,19-,23?/m1/s1. The molecule has 0 saturated heterocycles. The lowest BCUT2D eigenvalue weighted by Crippen LogP contribution is -2.39. The Morgan fingerprint density at radius 1 is 1.14 bits per heavy atom. The maximum absolute atomic E-state index is 13.1. The molecule has 28 heavy (non-hydrogen) atoms. The summed E-state index contributed by atoms with van der Waals surface area (Å²) >= 11 is 1.99. The fourth-order valence-corrected chi connectivity index (χ4v) is 4.98. The Morgan fingerprint density at radius 3 is 2.57 bits per heavy atom. The van der Waals surface area contributed by atoms with E-state index in [-0.39, 0.29) is 5.92 Å². The van der Waals surface area contributed by atoms with Crippen LogP contribution in [-0.4, -0.2) is 41.4 Å². The van der Waals surface area contributed by atoms with Gasteiger partial charge in [-0.2, -0.15) is 11.8 Å². The number of rotatable bonds is 14. The third-order valence-electron chi connectivity index (χ3n) is 5.24. The summed E-state index contributed by atoms with van der Waals surface area (Å²) in [5.74, 6) is 1.60. The Labute approximate surface area is 177 Å². The molecule has 5 heteroatoms. The Bertz CT molecular complexity index is 505. The van der Waals surface area contributed by atoms with Crippen molar-refractivity contribution in [1.82, 2.24) is 0 Å². The number of carbonyl (C=O) groups is 1. The molecule has 0 heterocycles. The second-order valence-electron chi connectivity index (χ2n) is 7.86. The van der Waals surface area contributed by atoms with Crippen LogP contribution >= 0.6 is 11.8 Å². The molecule has 0 spiro atoms. The van der Waals surface area contributed by atoms with Crippen LogP contribution in [0.1, 0.15) is 92.4 Å². The molecule has 0 aromatic heterocycles. The molecule has 0 aromatic rings. The van der Waals surface area contributed by atoms with E-state index in [0.29, 0.717) is 30.0 Å². The number of ketones is 1. The average Bonchev–Trinajstić information content (AvgIpc) is 2.65. The molecule has 1 fully saturated rings. The number of thioether (sulfide) groups is 1. The summed E-state index contributed by atoms with van der Waals surface area (Å²) < 4.78 is 0. The molecule has 0 aliphatic heterocycles. The Morgan fingerprint density at radius 2 is 1.93 bits per heavy atom. The van der Waals surface area contributed by atoms with Crippen LogP contribution in [0.2, 0.25) is 0 Å². The van der Waals surface area contributed by atoms with E-state index in [1.54, 1.807) is 0 Å². The predicted octanol–water partition coefficient (Wildman–Crippen LogP) is 6.33. The number of Topliss-reactive ketones (excluding diaryl/α,β-unsaturated/α-hetero) is 1. The van der Waals surface area contributed by atoms with E-state index in [4.69, 9.17) is 9.83 Å². The van der Waals surface area contributed by atoms with Gasteiger partial charge in [0, 0.05) is 23.9 Å².